The smallest absolute Gasteiger partial charge is 0.241 e. The second kappa shape index (κ2) is 6.81. The lowest BCUT2D eigenvalue weighted by Crippen LogP contribution is -2.35. The van der Waals surface area contributed by atoms with Crippen LogP contribution in [0.5, 0.6) is 11.5 Å². The molecule has 5 heteroatoms. The first kappa shape index (κ1) is 15.5. The predicted molar refractivity (Wildman–Crippen MR) is 88.7 cm³/mol. The summed E-state index contributed by atoms with van der Waals surface area (Å²) in [6, 6.07) is 14.7. The average molecular weight is 312 g/mol. The van der Waals surface area contributed by atoms with Crippen molar-refractivity contribution in [2.24, 2.45) is 0 Å². The number of benzene rings is 2. The Labute approximate surface area is 135 Å². The van der Waals surface area contributed by atoms with Crippen LogP contribution in [0.2, 0.25) is 0 Å². The van der Waals surface area contributed by atoms with Crippen LogP contribution >= 0.6 is 0 Å². The third-order valence-electron chi connectivity index (χ3n) is 3.80. The lowest BCUT2D eigenvalue weighted by atomic mass is 10.2. The van der Waals surface area contributed by atoms with Crippen molar-refractivity contribution in [1.29, 1.82) is 0 Å². The molecule has 1 aliphatic heterocycles. The highest BCUT2D eigenvalue weighted by molar-refractivity contribution is 5.95. The van der Waals surface area contributed by atoms with Crippen LogP contribution in [-0.2, 0) is 4.79 Å². The van der Waals surface area contributed by atoms with Crippen LogP contribution in [0.1, 0.15) is 12.0 Å². The molecule has 1 heterocycles. The Balaban J connectivity index is 1.58. The molecule has 1 saturated heterocycles. The lowest BCUT2D eigenvalue weighted by molar-refractivity contribution is -0.117. The molecule has 5 nitrogen and oxygen atoms in total. The average Bonchev–Trinajstić information content (AvgIpc) is 2.98. The van der Waals surface area contributed by atoms with Crippen molar-refractivity contribution >= 4 is 11.6 Å². The summed E-state index contributed by atoms with van der Waals surface area (Å²) in [7, 11) is 0. The zero-order valence-corrected chi connectivity index (χ0v) is 13.0. The van der Waals surface area contributed by atoms with Gasteiger partial charge in [0.2, 0.25) is 5.91 Å². The standard InChI is InChI=1S/C18H20N2O3/c1-12-2-6-15(7-3-12)23-16-8-4-13(5-9-16)20-18(22)17-10-14(21)11-19-17/h2-9,14,17,19,21H,10-11H2,1H3,(H,20,22). The summed E-state index contributed by atoms with van der Waals surface area (Å²) in [6.45, 7) is 2.49. The fraction of sp³-hybridized carbons (Fsp3) is 0.278. The van der Waals surface area contributed by atoms with E-state index in [0.29, 0.717) is 24.4 Å². The van der Waals surface area contributed by atoms with Gasteiger partial charge in [0.15, 0.2) is 0 Å². The quantitative estimate of drug-likeness (QED) is 0.811. The maximum absolute atomic E-state index is 12.1. The Morgan fingerprint density at radius 3 is 2.30 bits per heavy atom. The zero-order chi connectivity index (χ0) is 16.2. The van der Waals surface area contributed by atoms with Gasteiger partial charge in [-0.3, -0.25) is 4.79 Å². The van der Waals surface area contributed by atoms with Gasteiger partial charge in [-0.25, -0.2) is 0 Å². The summed E-state index contributed by atoms with van der Waals surface area (Å²) in [5, 5.41) is 15.3. The first-order chi connectivity index (χ1) is 11.1. The van der Waals surface area contributed by atoms with Crippen LogP contribution < -0.4 is 15.4 Å². The number of amides is 1. The van der Waals surface area contributed by atoms with E-state index in [1.807, 2.05) is 43.3 Å². The molecule has 1 fully saturated rings. The number of hydrogen-bond acceptors (Lipinski definition) is 4. The molecule has 0 bridgehead atoms. The number of carbonyl (C=O) groups is 1. The first-order valence-corrected chi connectivity index (χ1v) is 7.67. The van der Waals surface area contributed by atoms with E-state index in [2.05, 4.69) is 10.6 Å². The van der Waals surface area contributed by atoms with Crippen LogP contribution in [0.3, 0.4) is 0 Å². The van der Waals surface area contributed by atoms with Gasteiger partial charge in [0.1, 0.15) is 11.5 Å². The van der Waals surface area contributed by atoms with Gasteiger partial charge in [0.05, 0.1) is 12.1 Å². The van der Waals surface area contributed by atoms with Crippen molar-refractivity contribution in [3.05, 3.63) is 54.1 Å². The molecule has 2 aromatic rings. The van der Waals surface area contributed by atoms with Crippen molar-refractivity contribution < 1.29 is 14.6 Å². The Bertz CT molecular complexity index is 668. The predicted octanol–water partition coefficient (Wildman–Crippen LogP) is 2.45. The minimum Gasteiger partial charge on any atom is -0.457 e. The van der Waals surface area contributed by atoms with E-state index >= 15 is 0 Å². The molecule has 2 atom stereocenters. The van der Waals surface area contributed by atoms with E-state index in [9.17, 15) is 9.90 Å². The van der Waals surface area contributed by atoms with Gasteiger partial charge < -0.3 is 20.5 Å². The number of ether oxygens (including phenoxy) is 1. The molecular formula is C18H20N2O3. The molecule has 2 aromatic carbocycles. The Hall–Kier alpha value is -2.37. The molecule has 0 aliphatic carbocycles. The molecule has 0 saturated carbocycles. The number of aliphatic hydroxyl groups excluding tert-OH is 1. The van der Waals surface area contributed by atoms with Crippen molar-refractivity contribution in [3.63, 3.8) is 0 Å². The number of aliphatic hydroxyl groups is 1. The highest BCUT2D eigenvalue weighted by Crippen LogP contribution is 2.23. The minimum absolute atomic E-state index is 0.131. The Kier molecular flexibility index (Phi) is 4.60. The van der Waals surface area contributed by atoms with Crippen LogP contribution in [-0.4, -0.2) is 29.7 Å². The molecule has 3 rings (SSSR count). The van der Waals surface area contributed by atoms with Crippen molar-refractivity contribution in [2.45, 2.75) is 25.5 Å². The van der Waals surface area contributed by atoms with Crippen molar-refractivity contribution in [2.75, 3.05) is 11.9 Å². The Morgan fingerprint density at radius 1 is 1.13 bits per heavy atom. The summed E-state index contributed by atoms with van der Waals surface area (Å²) in [5.74, 6) is 1.35. The van der Waals surface area contributed by atoms with Crippen LogP contribution in [0.15, 0.2) is 48.5 Å². The summed E-state index contributed by atoms with van der Waals surface area (Å²) in [5.41, 5.74) is 1.88. The van der Waals surface area contributed by atoms with E-state index in [0.717, 1.165) is 5.75 Å². The largest absolute Gasteiger partial charge is 0.457 e. The summed E-state index contributed by atoms with van der Waals surface area (Å²) in [6.07, 6.45) is -0.00322. The fourth-order valence-electron chi connectivity index (χ4n) is 2.49. The molecule has 0 radical (unpaired) electrons. The molecular weight excluding hydrogens is 292 g/mol. The molecule has 23 heavy (non-hydrogen) atoms. The highest BCUT2D eigenvalue weighted by Gasteiger charge is 2.27. The maximum Gasteiger partial charge on any atom is 0.241 e. The number of rotatable bonds is 4. The monoisotopic (exact) mass is 312 g/mol. The number of aryl methyl sites for hydroxylation is 1. The third-order valence-corrected chi connectivity index (χ3v) is 3.80. The molecule has 1 amide bonds. The van der Waals surface area contributed by atoms with E-state index in [1.54, 1.807) is 12.1 Å². The molecule has 0 spiro atoms. The first-order valence-electron chi connectivity index (χ1n) is 7.67. The molecule has 3 N–H and O–H groups in total. The normalized spacial score (nSPS) is 20.3. The number of β-amino-alcohol motifs (C(OH)–C–C–N with tert-alkyl or cyclic N) is 1. The Morgan fingerprint density at radius 2 is 1.74 bits per heavy atom. The summed E-state index contributed by atoms with van der Waals surface area (Å²) >= 11 is 0. The third kappa shape index (κ3) is 4.09. The maximum atomic E-state index is 12.1. The van der Waals surface area contributed by atoms with E-state index < -0.39 is 6.10 Å². The number of anilines is 1. The van der Waals surface area contributed by atoms with Crippen molar-refractivity contribution in [1.82, 2.24) is 5.32 Å². The lowest BCUT2D eigenvalue weighted by Gasteiger charge is -2.12. The van der Waals surface area contributed by atoms with Crippen molar-refractivity contribution in [3.8, 4) is 11.5 Å². The van der Waals surface area contributed by atoms with Gasteiger partial charge in [-0.2, -0.15) is 0 Å². The van der Waals surface area contributed by atoms with Crippen LogP contribution in [0, 0.1) is 6.92 Å². The minimum atomic E-state index is -0.448. The van der Waals surface area contributed by atoms with Crippen LogP contribution in [0.4, 0.5) is 5.69 Å². The second-order valence-corrected chi connectivity index (χ2v) is 5.78. The van der Waals surface area contributed by atoms with Gasteiger partial charge in [-0.05, 0) is 49.7 Å². The van der Waals surface area contributed by atoms with Gasteiger partial charge in [0, 0.05) is 12.2 Å². The topological polar surface area (TPSA) is 70.6 Å². The van der Waals surface area contributed by atoms with E-state index in [4.69, 9.17) is 4.74 Å². The molecule has 120 valence electrons. The fourth-order valence-corrected chi connectivity index (χ4v) is 2.49. The molecule has 2 unspecified atom stereocenters. The summed E-state index contributed by atoms with van der Waals surface area (Å²) < 4.78 is 5.75. The SMILES string of the molecule is Cc1ccc(Oc2ccc(NC(=O)C3CC(O)CN3)cc2)cc1. The van der Waals surface area contributed by atoms with Crippen LogP contribution in [0.25, 0.3) is 0 Å². The summed E-state index contributed by atoms with van der Waals surface area (Å²) in [4.78, 5) is 12.1. The van der Waals surface area contributed by atoms with Gasteiger partial charge >= 0.3 is 0 Å². The van der Waals surface area contributed by atoms with Gasteiger partial charge in [-0.1, -0.05) is 17.7 Å². The zero-order valence-electron chi connectivity index (χ0n) is 13.0. The second-order valence-electron chi connectivity index (χ2n) is 5.78. The number of hydrogen-bond donors (Lipinski definition) is 3. The molecule has 0 aromatic heterocycles. The van der Waals surface area contributed by atoms with E-state index in [-0.39, 0.29) is 11.9 Å². The van der Waals surface area contributed by atoms with Gasteiger partial charge in [-0.15, -0.1) is 0 Å². The number of carbonyl (C=O) groups excluding carboxylic acids is 1. The molecule has 1 aliphatic rings. The highest BCUT2D eigenvalue weighted by atomic mass is 16.5. The number of nitrogens with one attached hydrogen (secondary N) is 2. The van der Waals surface area contributed by atoms with E-state index in [1.165, 1.54) is 5.56 Å². The van der Waals surface area contributed by atoms with Gasteiger partial charge in [0.25, 0.3) is 0 Å².